The summed E-state index contributed by atoms with van der Waals surface area (Å²) in [5.74, 6) is -2.89. The van der Waals surface area contributed by atoms with Crippen molar-refractivity contribution in [3.05, 3.63) is 47.4 Å². The lowest BCUT2D eigenvalue weighted by atomic mass is 10.0. The number of anilines is 1. The second kappa shape index (κ2) is 9.65. The topological polar surface area (TPSA) is 162 Å². The van der Waals surface area contributed by atoms with Gasteiger partial charge in [0, 0.05) is 12.1 Å². The van der Waals surface area contributed by atoms with E-state index in [2.05, 4.69) is 35.5 Å². The molecule has 0 radical (unpaired) electrons. The molecule has 180 valence electrons. The van der Waals surface area contributed by atoms with E-state index in [1.54, 1.807) is 0 Å². The summed E-state index contributed by atoms with van der Waals surface area (Å²) < 4.78 is 31.9. The number of carbonyl (C=O) groups excluding carboxylic acids is 2. The highest BCUT2D eigenvalue weighted by atomic mass is 19.1. The fourth-order valence-corrected chi connectivity index (χ4v) is 4.01. The van der Waals surface area contributed by atoms with Crippen molar-refractivity contribution >= 4 is 28.7 Å². The van der Waals surface area contributed by atoms with Gasteiger partial charge in [0.05, 0.1) is 31.1 Å². The molecule has 1 aliphatic carbocycles. The molecule has 0 unspecified atom stereocenters. The maximum absolute atomic E-state index is 13.9. The molecule has 1 saturated carbocycles. The van der Waals surface area contributed by atoms with Gasteiger partial charge in [-0.2, -0.15) is 5.10 Å². The number of carbonyl (C=O) groups is 2. The zero-order valence-corrected chi connectivity index (χ0v) is 18.0. The largest absolute Gasteiger partial charge is 0.469 e. The van der Waals surface area contributed by atoms with Crippen molar-refractivity contribution in [2.24, 2.45) is 5.92 Å². The van der Waals surface area contributed by atoms with Crippen molar-refractivity contribution in [2.75, 3.05) is 12.4 Å². The van der Waals surface area contributed by atoms with Gasteiger partial charge >= 0.3 is 5.97 Å². The van der Waals surface area contributed by atoms with Gasteiger partial charge in [0.2, 0.25) is 0 Å². The summed E-state index contributed by atoms with van der Waals surface area (Å²) in [4.78, 5) is 32.5. The van der Waals surface area contributed by atoms with E-state index in [9.17, 15) is 28.6 Å². The average Bonchev–Trinajstić information content (AvgIpc) is 3.37. The van der Waals surface area contributed by atoms with E-state index in [0.717, 1.165) is 18.2 Å². The molecule has 0 bridgehead atoms. The Hall–Kier alpha value is -3.71. The molecule has 5 N–H and O–H groups in total. The minimum absolute atomic E-state index is 0.0393. The number of fused-ring (bicyclic) bond motifs is 1. The van der Waals surface area contributed by atoms with Gasteiger partial charge in [0.1, 0.15) is 29.9 Å². The first-order valence-corrected chi connectivity index (χ1v) is 10.4. The number of aliphatic hydroxyl groups is 2. The number of nitrogens with zero attached hydrogens (tertiary/aromatic N) is 3. The van der Waals surface area contributed by atoms with Gasteiger partial charge in [-0.15, -0.1) is 0 Å². The van der Waals surface area contributed by atoms with Crippen molar-refractivity contribution in [3.8, 4) is 0 Å². The summed E-state index contributed by atoms with van der Waals surface area (Å²) >= 11 is 0. The van der Waals surface area contributed by atoms with Crippen molar-refractivity contribution < 1.29 is 33.3 Å². The number of H-pyrrole nitrogens is 1. The van der Waals surface area contributed by atoms with E-state index >= 15 is 0 Å². The zero-order chi connectivity index (χ0) is 24.4. The first-order chi connectivity index (χ1) is 16.3. The number of esters is 1. The maximum atomic E-state index is 13.9. The predicted molar refractivity (Wildman–Crippen MR) is 113 cm³/mol. The second-order valence-electron chi connectivity index (χ2n) is 7.94. The lowest BCUT2D eigenvalue weighted by Gasteiger charge is -2.19. The smallest absolute Gasteiger partial charge is 0.305 e. The first-order valence-electron chi connectivity index (χ1n) is 10.4. The molecular formula is C21H22F2N6O5. The van der Waals surface area contributed by atoms with Crippen molar-refractivity contribution in [2.45, 2.75) is 37.6 Å². The number of aliphatic hydroxyl groups excluding tert-OH is 2. The number of rotatable bonds is 7. The Kier molecular flexibility index (Phi) is 6.65. The second-order valence-corrected chi connectivity index (χ2v) is 7.94. The van der Waals surface area contributed by atoms with Gasteiger partial charge in [-0.3, -0.25) is 14.7 Å². The average molecular weight is 476 g/mol. The van der Waals surface area contributed by atoms with E-state index in [0.29, 0.717) is 0 Å². The van der Waals surface area contributed by atoms with Gasteiger partial charge in [0.25, 0.3) is 5.91 Å². The van der Waals surface area contributed by atoms with E-state index in [1.807, 2.05) is 0 Å². The minimum Gasteiger partial charge on any atom is -0.469 e. The number of benzene rings is 1. The summed E-state index contributed by atoms with van der Waals surface area (Å²) in [7, 11) is 1.24. The van der Waals surface area contributed by atoms with Crippen LogP contribution >= 0.6 is 0 Å². The molecule has 1 amide bonds. The van der Waals surface area contributed by atoms with E-state index in [1.165, 1.54) is 13.4 Å². The monoisotopic (exact) mass is 476 g/mol. The number of methoxy groups -OCH3 is 1. The molecule has 2 heterocycles. The van der Waals surface area contributed by atoms with Crippen LogP contribution in [0, 0.1) is 17.6 Å². The van der Waals surface area contributed by atoms with E-state index in [4.69, 9.17) is 0 Å². The summed E-state index contributed by atoms with van der Waals surface area (Å²) in [6, 6.07) is 2.23. The van der Waals surface area contributed by atoms with Crippen molar-refractivity contribution in [3.63, 3.8) is 0 Å². The zero-order valence-electron chi connectivity index (χ0n) is 18.0. The Balaban J connectivity index is 1.53. The molecule has 11 nitrogen and oxygen atoms in total. The molecule has 1 aliphatic rings. The van der Waals surface area contributed by atoms with Gasteiger partial charge < -0.3 is 25.6 Å². The number of amides is 1. The maximum Gasteiger partial charge on any atom is 0.305 e. The molecule has 4 rings (SSSR count). The van der Waals surface area contributed by atoms with Crippen LogP contribution in [0.4, 0.5) is 14.6 Å². The van der Waals surface area contributed by atoms with Crippen LogP contribution in [-0.2, 0) is 16.1 Å². The lowest BCUT2D eigenvalue weighted by Crippen LogP contribution is -2.35. The van der Waals surface area contributed by atoms with Gasteiger partial charge in [-0.1, -0.05) is 0 Å². The minimum atomic E-state index is -1.21. The van der Waals surface area contributed by atoms with Crippen LogP contribution in [0.25, 0.3) is 11.0 Å². The molecule has 34 heavy (non-hydrogen) atoms. The molecule has 1 fully saturated rings. The first kappa shape index (κ1) is 23.4. The summed E-state index contributed by atoms with van der Waals surface area (Å²) in [6.07, 6.45) is -0.985. The molecule has 13 heteroatoms. The molecule has 0 spiro atoms. The van der Waals surface area contributed by atoms with E-state index < -0.39 is 47.7 Å². The van der Waals surface area contributed by atoms with Gasteiger partial charge in [-0.05, 0) is 30.5 Å². The molecule has 0 aliphatic heterocycles. The molecular weight excluding hydrogens is 454 g/mol. The van der Waals surface area contributed by atoms with Crippen LogP contribution in [0.5, 0.6) is 0 Å². The molecule has 2 aromatic heterocycles. The number of halogens is 2. The molecule has 3 aromatic rings. The van der Waals surface area contributed by atoms with E-state index in [-0.39, 0.29) is 47.5 Å². The number of ether oxygens (including phenoxy) is 1. The quantitative estimate of drug-likeness (QED) is 0.308. The summed E-state index contributed by atoms with van der Waals surface area (Å²) in [6.45, 7) is -0.282. The van der Waals surface area contributed by atoms with Crippen molar-refractivity contribution in [1.29, 1.82) is 0 Å². The number of nitrogens with one attached hydrogen (secondary N) is 3. The van der Waals surface area contributed by atoms with Gasteiger partial charge in [-0.25, -0.2) is 18.7 Å². The summed E-state index contributed by atoms with van der Waals surface area (Å²) in [5.41, 5.74) is 0.0790. The number of hydrogen-bond donors (Lipinski definition) is 5. The summed E-state index contributed by atoms with van der Waals surface area (Å²) in [5, 5.41) is 33.0. The Morgan fingerprint density at radius 1 is 1.24 bits per heavy atom. The standard InChI is InChI=1S/C21H22F2N6O5/c1-34-14(30)6-9-5-13(18(32)17(9)31)27-19-15-16(28-29-20(15)26-8-25-19)21(33)24-7-10-4-11(22)2-3-12(10)23/h2-4,8-9,13,17-18,31-32H,5-7H2,1H3,(H,24,33)(H2,25,26,27,28,29)/t9-,13+,17-,18+/m0/s1. The molecule has 0 saturated heterocycles. The normalized spacial score (nSPS) is 22.0. The predicted octanol–water partition coefficient (Wildman–Crippen LogP) is 0.646. The lowest BCUT2D eigenvalue weighted by molar-refractivity contribution is -0.142. The fraction of sp³-hybridized carbons (Fsp3) is 0.381. The third-order valence-corrected chi connectivity index (χ3v) is 5.80. The van der Waals surface area contributed by atoms with Gasteiger partial charge in [0.15, 0.2) is 11.3 Å². The third-order valence-electron chi connectivity index (χ3n) is 5.80. The highest BCUT2D eigenvalue weighted by molar-refractivity contribution is 6.07. The Morgan fingerprint density at radius 2 is 2.03 bits per heavy atom. The van der Waals surface area contributed by atoms with Crippen LogP contribution in [0.3, 0.4) is 0 Å². The Morgan fingerprint density at radius 3 is 2.79 bits per heavy atom. The fourth-order valence-electron chi connectivity index (χ4n) is 4.01. The van der Waals surface area contributed by atoms with Crippen LogP contribution in [-0.4, -0.2) is 67.6 Å². The van der Waals surface area contributed by atoms with Crippen LogP contribution in [0.2, 0.25) is 0 Å². The van der Waals surface area contributed by atoms with Crippen LogP contribution in [0.15, 0.2) is 24.5 Å². The Bertz CT molecular complexity index is 1220. The highest BCUT2D eigenvalue weighted by Gasteiger charge is 2.43. The third kappa shape index (κ3) is 4.65. The SMILES string of the molecule is COC(=O)C[C@@H]1C[C@@H](Nc2ncnc3[nH]nc(C(=O)NCc4cc(F)ccc4F)c23)[C@@H](O)[C@H]1O. The highest BCUT2D eigenvalue weighted by Crippen LogP contribution is 2.33. The molecule has 4 atom stereocenters. The number of aromatic nitrogens is 4. The van der Waals surface area contributed by atoms with Crippen molar-refractivity contribution in [1.82, 2.24) is 25.5 Å². The van der Waals surface area contributed by atoms with Crippen LogP contribution < -0.4 is 10.6 Å². The number of hydrogen-bond acceptors (Lipinski definition) is 9. The van der Waals surface area contributed by atoms with Crippen LogP contribution in [0.1, 0.15) is 28.9 Å². The number of aromatic amines is 1. The molecule has 1 aromatic carbocycles. The Labute approximate surface area is 191 Å².